The number of amides is 1. The van der Waals surface area contributed by atoms with Crippen molar-refractivity contribution in [1.82, 2.24) is 4.90 Å². The summed E-state index contributed by atoms with van der Waals surface area (Å²) in [6.45, 7) is 11.0. The number of carboxylic acid groups (broad SMARTS) is 1. The van der Waals surface area contributed by atoms with Gasteiger partial charge in [-0.25, -0.2) is 9.18 Å². The van der Waals surface area contributed by atoms with E-state index < -0.39 is 24.4 Å². The van der Waals surface area contributed by atoms with Gasteiger partial charge in [0.25, 0.3) is 0 Å². The normalized spacial score (nSPS) is 24.8. The van der Waals surface area contributed by atoms with Crippen LogP contribution in [0.15, 0.2) is 18.2 Å². The van der Waals surface area contributed by atoms with Gasteiger partial charge in [0.15, 0.2) is 0 Å². The van der Waals surface area contributed by atoms with Crippen molar-refractivity contribution in [3.63, 3.8) is 0 Å². The van der Waals surface area contributed by atoms with Gasteiger partial charge < -0.3 is 24.2 Å². The lowest BCUT2D eigenvalue weighted by molar-refractivity contribution is 0.00578. The zero-order valence-corrected chi connectivity index (χ0v) is 16.0. The molecule has 0 aromatic heterocycles. The summed E-state index contributed by atoms with van der Waals surface area (Å²) >= 11 is 0. The Morgan fingerprint density at radius 2 is 1.85 bits per heavy atom. The Bertz CT molecular complexity index is 696. The van der Waals surface area contributed by atoms with E-state index in [1.54, 1.807) is 6.07 Å². The van der Waals surface area contributed by atoms with Crippen molar-refractivity contribution in [2.45, 2.75) is 51.9 Å². The van der Waals surface area contributed by atoms with Crippen LogP contribution in [0.4, 0.5) is 14.9 Å². The molecule has 1 aromatic carbocycles. The van der Waals surface area contributed by atoms with E-state index in [9.17, 15) is 9.18 Å². The second-order valence-corrected chi connectivity index (χ2v) is 8.07. The SMILES string of the molecule is CC1CN(C(=O)O)CCN1c1ccc(B2OC(C)(C)C(C)(C)O2)c(F)c1. The fourth-order valence-electron chi connectivity index (χ4n) is 3.37. The lowest BCUT2D eigenvalue weighted by atomic mass is 9.78. The fourth-order valence-corrected chi connectivity index (χ4v) is 3.37. The number of anilines is 1. The average molecular weight is 364 g/mol. The first-order valence-electron chi connectivity index (χ1n) is 8.91. The van der Waals surface area contributed by atoms with E-state index in [0.29, 0.717) is 25.1 Å². The maximum atomic E-state index is 14.8. The molecule has 26 heavy (non-hydrogen) atoms. The molecule has 3 rings (SSSR count). The van der Waals surface area contributed by atoms with Crippen molar-refractivity contribution in [2.75, 3.05) is 24.5 Å². The molecule has 8 heteroatoms. The van der Waals surface area contributed by atoms with Crippen molar-refractivity contribution in [1.29, 1.82) is 0 Å². The maximum Gasteiger partial charge on any atom is 0.497 e. The monoisotopic (exact) mass is 364 g/mol. The van der Waals surface area contributed by atoms with Gasteiger partial charge in [-0.05, 0) is 46.8 Å². The second kappa shape index (κ2) is 6.42. The Kier molecular flexibility index (Phi) is 4.69. The Labute approximate surface area is 154 Å². The van der Waals surface area contributed by atoms with Crippen molar-refractivity contribution >= 4 is 24.4 Å². The van der Waals surface area contributed by atoms with Crippen LogP contribution in [-0.4, -0.2) is 60.1 Å². The number of hydrogen-bond acceptors (Lipinski definition) is 4. The van der Waals surface area contributed by atoms with Crippen LogP contribution in [0.3, 0.4) is 0 Å². The summed E-state index contributed by atoms with van der Waals surface area (Å²) in [6, 6.07) is 4.99. The molecule has 1 N–H and O–H groups in total. The Hall–Kier alpha value is -1.80. The molecule has 0 aliphatic carbocycles. The van der Waals surface area contributed by atoms with E-state index >= 15 is 0 Å². The first-order chi connectivity index (χ1) is 12.0. The van der Waals surface area contributed by atoms with Gasteiger partial charge in [-0.1, -0.05) is 6.07 Å². The third-order valence-electron chi connectivity index (χ3n) is 5.72. The summed E-state index contributed by atoms with van der Waals surface area (Å²) in [6.07, 6.45) is -0.918. The van der Waals surface area contributed by atoms with E-state index in [2.05, 4.69) is 0 Å². The smallest absolute Gasteiger partial charge is 0.465 e. The molecule has 0 bridgehead atoms. The molecule has 2 saturated heterocycles. The van der Waals surface area contributed by atoms with Gasteiger partial charge >= 0.3 is 13.2 Å². The zero-order chi connectivity index (χ0) is 19.3. The summed E-state index contributed by atoms with van der Waals surface area (Å²) in [5.41, 5.74) is 0.0686. The molecule has 2 fully saturated rings. The van der Waals surface area contributed by atoms with Crippen molar-refractivity contribution < 1.29 is 23.6 Å². The number of benzene rings is 1. The quantitative estimate of drug-likeness (QED) is 0.817. The minimum atomic E-state index is -0.918. The summed E-state index contributed by atoms with van der Waals surface area (Å²) in [5.74, 6) is -0.381. The lowest BCUT2D eigenvalue weighted by Crippen LogP contribution is -2.53. The maximum absolute atomic E-state index is 14.8. The standard InChI is InChI=1S/C18H26BFN2O4/c1-12-11-21(16(23)24)8-9-22(12)13-6-7-14(15(20)10-13)19-25-17(2,3)18(4,5)26-19/h6-7,10,12H,8-9,11H2,1-5H3,(H,23,24). The third kappa shape index (κ3) is 3.28. The van der Waals surface area contributed by atoms with Gasteiger partial charge in [0.1, 0.15) is 5.82 Å². The van der Waals surface area contributed by atoms with Gasteiger partial charge in [-0.2, -0.15) is 0 Å². The van der Waals surface area contributed by atoms with Crippen LogP contribution in [0.5, 0.6) is 0 Å². The van der Waals surface area contributed by atoms with Gasteiger partial charge in [0, 0.05) is 36.8 Å². The second-order valence-electron chi connectivity index (χ2n) is 8.07. The molecule has 2 aliphatic rings. The largest absolute Gasteiger partial charge is 0.497 e. The summed E-state index contributed by atoms with van der Waals surface area (Å²) in [7, 11) is -0.740. The molecular weight excluding hydrogens is 338 g/mol. The van der Waals surface area contributed by atoms with E-state index in [1.165, 1.54) is 11.0 Å². The van der Waals surface area contributed by atoms with Crippen LogP contribution in [0.25, 0.3) is 0 Å². The van der Waals surface area contributed by atoms with E-state index in [0.717, 1.165) is 5.69 Å². The van der Waals surface area contributed by atoms with Gasteiger partial charge in [0.05, 0.1) is 11.2 Å². The number of halogens is 1. The predicted molar refractivity (Wildman–Crippen MR) is 98.5 cm³/mol. The van der Waals surface area contributed by atoms with E-state index in [1.807, 2.05) is 45.6 Å². The molecular formula is C18H26BFN2O4. The molecule has 2 aliphatic heterocycles. The van der Waals surface area contributed by atoms with Crippen LogP contribution in [-0.2, 0) is 9.31 Å². The summed E-state index contributed by atoms with van der Waals surface area (Å²) in [4.78, 5) is 14.5. The molecule has 1 atom stereocenters. The van der Waals surface area contributed by atoms with E-state index in [4.69, 9.17) is 14.4 Å². The minimum Gasteiger partial charge on any atom is -0.465 e. The predicted octanol–water partition coefficient (Wildman–Crippen LogP) is 2.31. The average Bonchev–Trinajstić information content (AvgIpc) is 2.74. The highest BCUT2D eigenvalue weighted by molar-refractivity contribution is 6.62. The Morgan fingerprint density at radius 1 is 1.23 bits per heavy atom. The summed E-state index contributed by atoms with van der Waals surface area (Å²) < 4.78 is 26.7. The minimum absolute atomic E-state index is 0.0260. The number of rotatable bonds is 2. The molecule has 0 spiro atoms. The van der Waals surface area contributed by atoms with Gasteiger partial charge in [-0.15, -0.1) is 0 Å². The van der Waals surface area contributed by atoms with Crippen LogP contribution in [0, 0.1) is 5.82 Å². The molecule has 1 amide bonds. The molecule has 0 radical (unpaired) electrons. The summed E-state index contributed by atoms with van der Waals surface area (Å²) in [5, 5.41) is 9.12. The van der Waals surface area contributed by atoms with Crippen molar-refractivity contribution in [3.05, 3.63) is 24.0 Å². The molecule has 1 unspecified atom stereocenters. The van der Waals surface area contributed by atoms with Crippen LogP contribution >= 0.6 is 0 Å². The van der Waals surface area contributed by atoms with Gasteiger partial charge in [0.2, 0.25) is 0 Å². The zero-order valence-electron chi connectivity index (χ0n) is 16.0. The molecule has 1 aromatic rings. The Morgan fingerprint density at radius 3 is 2.35 bits per heavy atom. The van der Waals surface area contributed by atoms with Crippen molar-refractivity contribution in [3.8, 4) is 0 Å². The highest BCUT2D eigenvalue weighted by Crippen LogP contribution is 2.36. The highest BCUT2D eigenvalue weighted by atomic mass is 19.1. The third-order valence-corrected chi connectivity index (χ3v) is 5.72. The van der Waals surface area contributed by atoms with Crippen LogP contribution in [0.1, 0.15) is 34.6 Å². The number of nitrogens with zero attached hydrogens (tertiary/aromatic N) is 2. The topological polar surface area (TPSA) is 62.2 Å². The first kappa shape index (κ1) is 19.0. The molecule has 0 saturated carbocycles. The van der Waals surface area contributed by atoms with E-state index in [-0.39, 0.29) is 11.9 Å². The number of piperazine rings is 1. The lowest BCUT2D eigenvalue weighted by Gasteiger charge is -2.40. The van der Waals surface area contributed by atoms with Gasteiger partial charge in [-0.3, -0.25) is 0 Å². The van der Waals surface area contributed by atoms with Crippen LogP contribution < -0.4 is 10.4 Å². The Balaban J connectivity index is 1.78. The first-order valence-corrected chi connectivity index (χ1v) is 8.91. The fraction of sp³-hybridized carbons (Fsp3) is 0.611. The highest BCUT2D eigenvalue weighted by Gasteiger charge is 2.52. The number of carbonyl (C=O) groups is 1. The molecule has 2 heterocycles. The number of hydrogen-bond donors (Lipinski definition) is 1. The molecule has 6 nitrogen and oxygen atoms in total. The van der Waals surface area contributed by atoms with Crippen molar-refractivity contribution in [2.24, 2.45) is 0 Å². The van der Waals surface area contributed by atoms with Crippen LogP contribution in [0.2, 0.25) is 0 Å². The molecule has 142 valence electrons.